The number of rotatable bonds is 3. The van der Waals surface area contributed by atoms with E-state index in [0.29, 0.717) is 6.54 Å². The Hall–Kier alpha value is -1.81. The molecule has 1 aromatic heterocycles. The van der Waals surface area contributed by atoms with Gasteiger partial charge in [-0.2, -0.15) is 0 Å². The molecular formula is C12H15N3O. The molecule has 1 aromatic carbocycles. The molecule has 84 valence electrons. The molecule has 0 spiro atoms. The first-order chi connectivity index (χ1) is 7.65. The van der Waals surface area contributed by atoms with Crippen molar-refractivity contribution in [2.75, 3.05) is 17.6 Å². The fraction of sp³-hybridized carbons (Fsp3) is 0.250. The lowest BCUT2D eigenvalue weighted by molar-refractivity contribution is 0.208. The van der Waals surface area contributed by atoms with Gasteiger partial charge in [-0.3, -0.25) is 0 Å². The number of aromatic nitrogens is 1. The minimum absolute atomic E-state index is 0.385. The number of pyridine rings is 1. The number of hydrogen-bond acceptors (Lipinski definition) is 4. The van der Waals surface area contributed by atoms with Crippen LogP contribution >= 0.6 is 0 Å². The summed E-state index contributed by atoms with van der Waals surface area (Å²) < 4.78 is 0. The first-order valence-electron chi connectivity index (χ1n) is 5.23. The van der Waals surface area contributed by atoms with Crippen molar-refractivity contribution in [1.29, 1.82) is 0 Å². The van der Waals surface area contributed by atoms with E-state index in [1.54, 1.807) is 6.92 Å². The van der Waals surface area contributed by atoms with E-state index in [-0.39, 0.29) is 6.10 Å². The lowest BCUT2D eigenvalue weighted by Gasteiger charge is -2.08. The average molecular weight is 217 g/mol. The predicted molar refractivity (Wildman–Crippen MR) is 66.3 cm³/mol. The van der Waals surface area contributed by atoms with Crippen LogP contribution in [0.2, 0.25) is 0 Å². The van der Waals surface area contributed by atoms with Crippen LogP contribution in [0, 0.1) is 0 Å². The molecule has 0 amide bonds. The highest BCUT2D eigenvalue weighted by Crippen LogP contribution is 2.17. The molecule has 0 bridgehead atoms. The quantitative estimate of drug-likeness (QED) is 0.683. The van der Waals surface area contributed by atoms with Crippen molar-refractivity contribution in [2.45, 2.75) is 13.0 Å². The van der Waals surface area contributed by atoms with Crippen LogP contribution in [0.4, 0.5) is 11.5 Å². The zero-order chi connectivity index (χ0) is 11.5. The molecule has 1 unspecified atom stereocenters. The number of aliphatic hydroxyl groups excluding tert-OH is 1. The molecular weight excluding hydrogens is 202 g/mol. The van der Waals surface area contributed by atoms with Gasteiger partial charge in [0.25, 0.3) is 0 Å². The van der Waals surface area contributed by atoms with E-state index in [2.05, 4.69) is 10.3 Å². The Morgan fingerprint density at radius 1 is 1.38 bits per heavy atom. The summed E-state index contributed by atoms with van der Waals surface area (Å²) in [6, 6.07) is 9.44. The number of nitrogens with one attached hydrogen (secondary N) is 1. The summed E-state index contributed by atoms with van der Waals surface area (Å²) in [4.78, 5) is 4.41. The fourth-order valence-corrected chi connectivity index (χ4v) is 1.49. The van der Waals surface area contributed by atoms with E-state index in [4.69, 9.17) is 10.8 Å². The number of aliphatic hydroxyl groups is 1. The maximum atomic E-state index is 9.16. The summed E-state index contributed by atoms with van der Waals surface area (Å²) >= 11 is 0. The maximum absolute atomic E-state index is 9.16. The van der Waals surface area contributed by atoms with Crippen molar-refractivity contribution < 1.29 is 5.11 Å². The minimum atomic E-state index is -0.385. The number of nitrogens with zero attached hydrogens (tertiary/aromatic N) is 1. The van der Waals surface area contributed by atoms with Crippen LogP contribution < -0.4 is 11.1 Å². The molecule has 0 aliphatic rings. The molecule has 2 aromatic rings. The summed E-state index contributed by atoms with van der Waals surface area (Å²) in [7, 11) is 0. The largest absolute Gasteiger partial charge is 0.399 e. The molecule has 4 heteroatoms. The first-order valence-corrected chi connectivity index (χ1v) is 5.23. The Morgan fingerprint density at radius 3 is 2.94 bits per heavy atom. The fourth-order valence-electron chi connectivity index (χ4n) is 1.49. The molecule has 2 rings (SSSR count). The molecule has 4 N–H and O–H groups in total. The van der Waals surface area contributed by atoms with E-state index in [9.17, 15) is 0 Å². The Balaban J connectivity index is 2.26. The van der Waals surface area contributed by atoms with Gasteiger partial charge >= 0.3 is 0 Å². The first kappa shape index (κ1) is 10.7. The molecule has 1 atom stereocenters. The summed E-state index contributed by atoms with van der Waals surface area (Å²) in [5.74, 6) is 0.762. The van der Waals surface area contributed by atoms with Gasteiger partial charge in [-0.1, -0.05) is 0 Å². The maximum Gasteiger partial charge on any atom is 0.126 e. The van der Waals surface area contributed by atoms with Crippen molar-refractivity contribution in [2.24, 2.45) is 0 Å². The van der Waals surface area contributed by atoms with Crippen LogP contribution in [0.1, 0.15) is 6.92 Å². The lowest BCUT2D eigenvalue weighted by Crippen LogP contribution is -2.15. The standard InChI is InChI=1S/C12H15N3O/c1-8(16)7-14-12-5-2-9-6-10(13)3-4-11(9)15-12/h2-6,8,16H,7,13H2,1H3,(H,14,15). The molecule has 0 aliphatic heterocycles. The summed E-state index contributed by atoms with van der Waals surface area (Å²) in [5, 5.41) is 13.2. The Kier molecular flexibility index (Phi) is 2.92. The van der Waals surface area contributed by atoms with E-state index in [1.165, 1.54) is 0 Å². The van der Waals surface area contributed by atoms with E-state index in [0.717, 1.165) is 22.4 Å². The van der Waals surface area contributed by atoms with E-state index >= 15 is 0 Å². The van der Waals surface area contributed by atoms with Gasteiger partial charge in [0.2, 0.25) is 0 Å². The number of hydrogen-bond donors (Lipinski definition) is 3. The molecule has 16 heavy (non-hydrogen) atoms. The number of nitrogen functional groups attached to an aromatic ring is 1. The van der Waals surface area contributed by atoms with Gasteiger partial charge in [0, 0.05) is 17.6 Å². The number of fused-ring (bicyclic) bond motifs is 1. The van der Waals surface area contributed by atoms with Crippen LogP contribution in [-0.2, 0) is 0 Å². The van der Waals surface area contributed by atoms with Gasteiger partial charge in [-0.25, -0.2) is 4.98 Å². The second kappa shape index (κ2) is 4.37. The van der Waals surface area contributed by atoms with Gasteiger partial charge in [0.05, 0.1) is 11.6 Å². The second-order valence-corrected chi connectivity index (χ2v) is 3.88. The third-order valence-corrected chi connectivity index (χ3v) is 2.29. The normalized spacial score (nSPS) is 12.6. The zero-order valence-corrected chi connectivity index (χ0v) is 9.14. The summed E-state index contributed by atoms with van der Waals surface area (Å²) in [6.07, 6.45) is -0.385. The monoisotopic (exact) mass is 217 g/mol. The summed E-state index contributed by atoms with van der Waals surface area (Å²) in [5.41, 5.74) is 7.31. The zero-order valence-electron chi connectivity index (χ0n) is 9.14. The summed E-state index contributed by atoms with van der Waals surface area (Å²) in [6.45, 7) is 2.22. The SMILES string of the molecule is CC(O)CNc1ccc2cc(N)ccc2n1. The van der Waals surface area contributed by atoms with Crippen LogP contribution in [0.5, 0.6) is 0 Å². The molecule has 0 fully saturated rings. The molecule has 4 nitrogen and oxygen atoms in total. The Morgan fingerprint density at radius 2 is 2.19 bits per heavy atom. The molecule has 0 radical (unpaired) electrons. The second-order valence-electron chi connectivity index (χ2n) is 3.88. The predicted octanol–water partition coefficient (Wildman–Crippen LogP) is 1.61. The highest BCUT2D eigenvalue weighted by molar-refractivity contribution is 5.83. The van der Waals surface area contributed by atoms with Crippen LogP contribution in [0.25, 0.3) is 10.9 Å². The lowest BCUT2D eigenvalue weighted by atomic mass is 10.2. The molecule has 1 heterocycles. The molecule has 0 saturated heterocycles. The molecule has 0 saturated carbocycles. The third kappa shape index (κ3) is 2.41. The number of benzene rings is 1. The van der Waals surface area contributed by atoms with E-state index in [1.807, 2.05) is 30.3 Å². The van der Waals surface area contributed by atoms with Gasteiger partial charge < -0.3 is 16.2 Å². The van der Waals surface area contributed by atoms with Crippen LogP contribution in [0.15, 0.2) is 30.3 Å². The van der Waals surface area contributed by atoms with Gasteiger partial charge in [-0.15, -0.1) is 0 Å². The van der Waals surface area contributed by atoms with Crippen molar-refractivity contribution in [3.05, 3.63) is 30.3 Å². The van der Waals surface area contributed by atoms with Crippen molar-refractivity contribution in [3.63, 3.8) is 0 Å². The average Bonchev–Trinajstić information content (AvgIpc) is 2.26. The van der Waals surface area contributed by atoms with Gasteiger partial charge in [0.15, 0.2) is 0 Å². The molecule has 0 aliphatic carbocycles. The van der Waals surface area contributed by atoms with Crippen molar-refractivity contribution in [3.8, 4) is 0 Å². The Bertz CT molecular complexity index is 497. The number of anilines is 2. The van der Waals surface area contributed by atoms with Gasteiger partial charge in [0.1, 0.15) is 5.82 Å². The highest BCUT2D eigenvalue weighted by Gasteiger charge is 2.00. The van der Waals surface area contributed by atoms with Crippen LogP contribution in [0.3, 0.4) is 0 Å². The van der Waals surface area contributed by atoms with Gasteiger partial charge in [-0.05, 0) is 37.3 Å². The third-order valence-electron chi connectivity index (χ3n) is 2.29. The van der Waals surface area contributed by atoms with E-state index < -0.39 is 0 Å². The number of nitrogens with two attached hydrogens (primary N) is 1. The van der Waals surface area contributed by atoms with Crippen molar-refractivity contribution >= 4 is 22.4 Å². The smallest absolute Gasteiger partial charge is 0.126 e. The van der Waals surface area contributed by atoms with Crippen molar-refractivity contribution in [1.82, 2.24) is 4.98 Å². The van der Waals surface area contributed by atoms with Crippen LogP contribution in [-0.4, -0.2) is 22.7 Å². The minimum Gasteiger partial charge on any atom is -0.399 e. The highest BCUT2D eigenvalue weighted by atomic mass is 16.3. The topological polar surface area (TPSA) is 71.2 Å². The Labute approximate surface area is 94.1 Å².